The molecule has 2 aromatic rings. The third-order valence-corrected chi connectivity index (χ3v) is 3.85. The van der Waals surface area contributed by atoms with Gasteiger partial charge in [0, 0.05) is 18.3 Å². The van der Waals surface area contributed by atoms with Crippen molar-refractivity contribution >= 4 is 11.7 Å². The Balaban J connectivity index is 1.90. The molecule has 0 saturated heterocycles. The van der Waals surface area contributed by atoms with Crippen molar-refractivity contribution in [2.45, 2.75) is 13.3 Å². The van der Waals surface area contributed by atoms with Crippen molar-refractivity contribution in [1.29, 1.82) is 0 Å². The summed E-state index contributed by atoms with van der Waals surface area (Å²) in [7, 11) is 4.81. The molecule has 6 heteroatoms. The summed E-state index contributed by atoms with van der Waals surface area (Å²) in [5, 5.41) is 5.63. The molecule has 0 heterocycles. The van der Waals surface area contributed by atoms with Gasteiger partial charge >= 0.3 is 6.03 Å². The van der Waals surface area contributed by atoms with Gasteiger partial charge in [-0.1, -0.05) is 6.07 Å². The second-order valence-electron chi connectivity index (χ2n) is 5.50. The fraction of sp³-hybridized carbons (Fsp3) is 0.316. The van der Waals surface area contributed by atoms with Gasteiger partial charge < -0.3 is 24.8 Å². The van der Waals surface area contributed by atoms with Crippen LogP contribution >= 0.6 is 0 Å². The van der Waals surface area contributed by atoms with Crippen LogP contribution in [0.3, 0.4) is 0 Å². The molecule has 0 bridgehead atoms. The van der Waals surface area contributed by atoms with E-state index in [0.717, 1.165) is 11.1 Å². The summed E-state index contributed by atoms with van der Waals surface area (Å²) in [6, 6.07) is 10.8. The number of amides is 2. The Labute approximate surface area is 148 Å². The van der Waals surface area contributed by atoms with E-state index in [2.05, 4.69) is 10.6 Å². The summed E-state index contributed by atoms with van der Waals surface area (Å²) in [4.78, 5) is 12.0. The molecule has 0 fully saturated rings. The number of carbonyl (C=O) groups excluding carboxylic acids is 1. The molecule has 0 unspecified atom stereocenters. The van der Waals surface area contributed by atoms with Crippen LogP contribution < -0.4 is 24.8 Å². The minimum absolute atomic E-state index is 0.258. The minimum Gasteiger partial charge on any atom is -0.497 e. The zero-order valence-corrected chi connectivity index (χ0v) is 15.0. The molecule has 0 saturated carbocycles. The second-order valence-corrected chi connectivity index (χ2v) is 5.50. The first-order chi connectivity index (χ1) is 12.1. The molecule has 0 aliphatic carbocycles. The number of hydrogen-bond acceptors (Lipinski definition) is 4. The number of nitrogens with one attached hydrogen (secondary N) is 2. The Morgan fingerprint density at radius 3 is 2.40 bits per heavy atom. The lowest BCUT2D eigenvalue weighted by atomic mass is 10.0. The fourth-order valence-corrected chi connectivity index (χ4v) is 2.48. The monoisotopic (exact) mass is 344 g/mol. The van der Waals surface area contributed by atoms with Gasteiger partial charge in [0.15, 0.2) is 11.5 Å². The second kappa shape index (κ2) is 8.82. The Morgan fingerprint density at radius 2 is 1.72 bits per heavy atom. The van der Waals surface area contributed by atoms with Gasteiger partial charge in [0.05, 0.1) is 21.3 Å². The van der Waals surface area contributed by atoms with Crippen molar-refractivity contribution in [2.24, 2.45) is 0 Å². The van der Waals surface area contributed by atoms with Crippen LogP contribution in [0.1, 0.15) is 11.1 Å². The third kappa shape index (κ3) is 5.04. The number of methoxy groups -OCH3 is 3. The summed E-state index contributed by atoms with van der Waals surface area (Å²) in [5.74, 6) is 2.08. The van der Waals surface area contributed by atoms with Crippen LogP contribution in [-0.4, -0.2) is 33.9 Å². The molecule has 2 N–H and O–H groups in total. The van der Waals surface area contributed by atoms with E-state index in [1.165, 1.54) is 0 Å². The van der Waals surface area contributed by atoms with E-state index in [4.69, 9.17) is 14.2 Å². The number of ether oxygens (including phenoxy) is 3. The van der Waals surface area contributed by atoms with Gasteiger partial charge in [-0.25, -0.2) is 4.79 Å². The molecule has 0 spiro atoms. The largest absolute Gasteiger partial charge is 0.497 e. The molecule has 0 aliphatic heterocycles. The lowest BCUT2D eigenvalue weighted by Gasteiger charge is -2.13. The maximum Gasteiger partial charge on any atom is 0.319 e. The Kier molecular flexibility index (Phi) is 6.51. The van der Waals surface area contributed by atoms with Gasteiger partial charge in [0.1, 0.15) is 5.75 Å². The molecular weight excluding hydrogens is 320 g/mol. The molecule has 2 rings (SSSR count). The highest BCUT2D eigenvalue weighted by Gasteiger charge is 2.09. The molecule has 6 nitrogen and oxygen atoms in total. The smallest absolute Gasteiger partial charge is 0.319 e. The van der Waals surface area contributed by atoms with E-state index in [1.807, 2.05) is 31.2 Å². The highest BCUT2D eigenvalue weighted by atomic mass is 16.5. The zero-order chi connectivity index (χ0) is 18.2. The predicted octanol–water partition coefficient (Wildman–Crippen LogP) is 3.39. The van der Waals surface area contributed by atoms with E-state index in [9.17, 15) is 4.79 Å². The summed E-state index contributed by atoms with van der Waals surface area (Å²) in [6.45, 7) is 2.51. The molecule has 0 aliphatic rings. The number of hydrogen-bond donors (Lipinski definition) is 2. The van der Waals surface area contributed by atoms with E-state index in [0.29, 0.717) is 35.9 Å². The number of anilines is 1. The molecule has 0 aromatic heterocycles. The SMILES string of the molecule is COc1cccc(NC(=O)NCCc2cc(OC)c(OC)cc2C)c1. The number of rotatable bonds is 7. The summed E-state index contributed by atoms with van der Waals surface area (Å²) >= 11 is 0. The van der Waals surface area contributed by atoms with Gasteiger partial charge in [-0.05, 0) is 48.7 Å². The molecular formula is C19H24N2O4. The van der Waals surface area contributed by atoms with Gasteiger partial charge in [-0.3, -0.25) is 0 Å². The molecule has 25 heavy (non-hydrogen) atoms. The highest BCUT2D eigenvalue weighted by Crippen LogP contribution is 2.30. The number of carbonyl (C=O) groups is 1. The third-order valence-electron chi connectivity index (χ3n) is 3.85. The topological polar surface area (TPSA) is 68.8 Å². The Morgan fingerprint density at radius 1 is 1.00 bits per heavy atom. The van der Waals surface area contributed by atoms with Crippen LogP contribution in [0, 0.1) is 6.92 Å². The summed E-state index contributed by atoms with van der Waals surface area (Å²) in [6.07, 6.45) is 0.692. The first-order valence-corrected chi connectivity index (χ1v) is 7.97. The van der Waals surface area contributed by atoms with E-state index in [-0.39, 0.29) is 6.03 Å². The lowest BCUT2D eigenvalue weighted by molar-refractivity contribution is 0.252. The average Bonchev–Trinajstić information content (AvgIpc) is 2.62. The molecule has 0 atom stereocenters. The van der Waals surface area contributed by atoms with Crippen LogP contribution in [0.25, 0.3) is 0 Å². The number of urea groups is 1. The lowest BCUT2D eigenvalue weighted by Crippen LogP contribution is -2.30. The molecule has 2 aromatic carbocycles. The quantitative estimate of drug-likeness (QED) is 0.808. The van der Waals surface area contributed by atoms with Crippen molar-refractivity contribution in [1.82, 2.24) is 5.32 Å². The van der Waals surface area contributed by atoms with Crippen LogP contribution in [0.4, 0.5) is 10.5 Å². The molecule has 0 radical (unpaired) electrons. The standard InChI is InChI=1S/C19H24N2O4/c1-13-10-17(24-3)18(25-4)11-14(13)8-9-20-19(22)21-15-6-5-7-16(12-15)23-2/h5-7,10-12H,8-9H2,1-4H3,(H2,20,21,22). The predicted molar refractivity (Wildman–Crippen MR) is 98.0 cm³/mol. The van der Waals surface area contributed by atoms with E-state index < -0.39 is 0 Å². The van der Waals surface area contributed by atoms with Crippen LogP contribution in [-0.2, 0) is 6.42 Å². The van der Waals surface area contributed by atoms with Crippen LogP contribution in [0.15, 0.2) is 36.4 Å². The van der Waals surface area contributed by atoms with Gasteiger partial charge in [-0.2, -0.15) is 0 Å². The number of benzene rings is 2. The first-order valence-electron chi connectivity index (χ1n) is 7.97. The minimum atomic E-state index is -0.258. The average molecular weight is 344 g/mol. The van der Waals surface area contributed by atoms with Crippen molar-refractivity contribution < 1.29 is 19.0 Å². The summed E-state index contributed by atoms with van der Waals surface area (Å²) in [5.41, 5.74) is 2.87. The fourth-order valence-electron chi connectivity index (χ4n) is 2.48. The number of aryl methyl sites for hydroxylation is 1. The van der Waals surface area contributed by atoms with Crippen LogP contribution in [0.2, 0.25) is 0 Å². The highest BCUT2D eigenvalue weighted by molar-refractivity contribution is 5.89. The maximum atomic E-state index is 12.0. The summed E-state index contributed by atoms with van der Waals surface area (Å²) < 4.78 is 15.7. The first kappa shape index (κ1) is 18.4. The molecule has 2 amide bonds. The Bertz CT molecular complexity index is 731. The van der Waals surface area contributed by atoms with Gasteiger partial charge in [0.25, 0.3) is 0 Å². The zero-order valence-electron chi connectivity index (χ0n) is 15.0. The van der Waals surface area contributed by atoms with Crippen molar-refractivity contribution in [3.05, 3.63) is 47.5 Å². The van der Waals surface area contributed by atoms with Crippen molar-refractivity contribution in [3.63, 3.8) is 0 Å². The molecule has 134 valence electrons. The van der Waals surface area contributed by atoms with Crippen LogP contribution in [0.5, 0.6) is 17.2 Å². The van der Waals surface area contributed by atoms with Crippen molar-refractivity contribution in [2.75, 3.05) is 33.2 Å². The Hall–Kier alpha value is -2.89. The maximum absolute atomic E-state index is 12.0. The van der Waals surface area contributed by atoms with Gasteiger partial charge in [-0.15, -0.1) is 0 Å². The van der Waals surface area contributed by atoms with E-state index >= 15 is 0 Å². The van der Waals surface area contributed by atoms with Crippen molar-refractivity contribution in [3.8, 4) is 17.2 Å². The van der Waals surface area contributed by atoms with E-state index in [1.54, 1.807) is 33.5 Å². The van der Waals surface area contributed by atoms with Gasteiger partial charge in [0.2, 0.25) is 0 Å². The normalized spacial score (nSPS) is 10.1.